The van der Waals surface area contributed by atoms with Crippen LogP contribution in [-0.4, -0.2) is 42.4 Å². The highest BCUT2D eigenvalue weighted by atomic mass is 16.7. The predicted molar refractivity (Wildman–Crippen MR) is 67.6 cm³/mol. The molecular weight excluding hydrogens is 264 g/mol. The third-order valence-corrected chi connectivity index (χ3v) is 3.36. The number of aliphatic hydroxyl groups excluding tert-OH is 2. The maximum Gasteiger partial charge on any atom is 0.218 e. The van der Waals surface area contributed by atoms with Gasteiger partial charge in [-0.1, -0.05) is 30.3 Å². The zero-order chi connectivity index (χ0) is 14.1. The number of ether oxygens (including phenoxy) is 4. The molecule has 2 N–H and O–H groups in total. The van der Waals surface area contributed by atoms with Crippen LogP contribution in [0.15, 0.2) is 41.9 Å². The van der Waals surface area contributed by atoms with Crippen molar-refractivity contribution < 1.29 is 29.2 Å². The van der Waals surface area contributed by atoms with Gasteiger partial charge in [0.05, 0.1) is 13.7 Å². The quantitative estimate of drug-likeness (QED) is 0.848. The van der Waals surface area contributed by atoms with Crippen molar-refractivity contribution in [2.24, 2.45) is 0 Å². The molecule has 1 aromatic carbocycles. The average molecular weight is 280 g/mol. The van der Waals surface area contributed by atoms with Crippen LogP contribution in [0.5, 0.6) is 0 Å². The van der Waals surface area contributed by atoms with E-state index in [-0.39, 0.29) is 18.1 Å². The van der Waals surface area contributed by atoms with E-state index in [9.17, 15) is 10.2 Å². The first kappa shape index (κ1) is 13.4. The second-order valence-electron chi connectivity index (χ2n) is 4.61. The van der Waals surface area contributed by atoms with Gasteiger partial charge >= 0.3 is 0 Å². The number of fused-ring (bicyclic) bond motifs is 1. The topological polar surface area (TPSA) is 77.4 Å². The van der Waals surface area contributed by atoms with Crippen LogP contribution in [0.2, 0.25) is 0 Å². The summed E-state index contributed by atoms with van der Waals surface area (Å²) in [6.07, 6.45) is -3.17. The van der Waals surface area contributed by atoms with E-state index in [1.54, 1.807) is 0 Å². The minimum Gasteiger partial charge on any atom is -0.506 e. The molecule has 0 aliphatic carbocycles. The Hall–Kier alpha value is -1.60. The zero-order valence-corrected chi connectivity index (χ0v) is 10.9. The first-order valence-electron chi connectivity index (χ1n) is 6.33. The van der Waals surface area contributed by atoms with Gasteiger partial charge in [0.25, 0.3) is 0 Å². The van der Waals surface area contributed by atoms with Gasteiger partial charge in [-0.05, 0) is 0 Å². The SMILES string of the molecule is COC1=C(O)[C@@H]2OC(c3ccccc3)OC[C@H]2O[C@@H]1O. The molecule has 1 fully saturated rings. The van der Waals surface area contributed by atoms with E-state index in [0.29, 0.717) is 0 Å². The van der Waals surface area contributed by atoms with E-state index in [0.717, 1.165) is 5.56 Å². The summed E-state index contributed by atoms with van der Waals surface area (Å²) in [4.78, 5) is 0. The van der Waals surface area contributed by atoms with Crippen LogP contribution in [0.1, 0.15) is 11.9 Å². The molecule has 0 radical (unpaired) electrons. The summed E-state index contributed by atoms with van der Waals surface area (Å²) in [7, 11) is 1.35. The molecule has 3 rings (SSSR count). The van der Waals surface area contributed by atoms with Crippen molar-refractivity contribution in [3.05, 3.63) is 47.4 Å². The molecule has 0 saturated carbocycles. The third-order valence-electron chi connectivity index (χ3n) is 3.36. The fraction of sp³-hybridized carbons (Fsp3) is 0.429. The smallest absolute Gasteiger partial charge is 0.218 e. The molecule has 0 amide bonds. The van der Waals surface area contributed by atoms with Crippen LogP contribution in [0, 0.1) is 0 Å². The molecule has 20 heavy (non-hydrogen) atoms. The second-order valence-corrected chi connectivity index (χ2v) is 4.61. The van der Waals surface area contributed by atoms with Gasteiger partial charge < -0.3 is 29.2 Å². The summed E-state index contributed by atoms with van der Waals surface area (Å²) >= 11 is 0. The monoisotopic (exact) mass is 280 g/mol. The molecule has 108 valence electrons. The van der Waals surface area contributed by atoms with E-state index in [1.807, 2.05) is 30.3 Å². The van der Waals surface area contributed by atoms with Crippen molar-refractivity contribution in [3.63, 3.8) is 0 Å². The van der Waals surface area contributed by atoms with Crippen molar-refractivity contribution in [1.82, 2.24) is 0 Å². The number of aliphatic hydroxyl groups is 2. The number of hydrogen-bond acceptors (Lipinski definition) is 6. The lowest BCUT2D eigenvalue weighted by molar-refractivity contribution is -0.295. The lowest BCUT2D eigenvalue weighted by Crippen LogP contribution is -2.49. The summed E-state index contributed by atoms with van der Waals surface area (Å²) in [5.74, 6) is -0.180. The first-order chi connectivity index (χ1) is 9.70. The summed E-state index contributed by atoms with van der Waals surface area (Å²) in [5.41, 5.74) is 0.851. The number of hydrogen-bond donors (Lipinski definition) is 2. The number of benzene rings is 1. The Balaban J connectivity index is 1.84. The van der Waals surface area contributed by atoms with E-state index < -0.39 is 24.8 Å². The molecule has 6 nitrogen and oxygen atoms in total. The normalized spacial score (nSPS) is 33.7. The van der Waals surface area contributed by atoms with E-state index >= 15 is 0 Å². The van der Waals surface area contributed by atoms with E-state index in [2.05, 4.69) is 0 Å². The van der Waals surface area contributed by atoms with Crippen LogP contribution < -0.4 is 0 Å². The molecule has 2 heterocycles. The first-order valence-corrected chi connectivity index (χ1v) is 6.33. The minimum absolute atomic E-state index is 0.0278. The van der Waals surface area contributed by atoms with Gasteiger partial charge in [-0.15, -0.1) is 0 Å². The fourth-order valence-electron chi connectivity index (χ4n) is 2.37. The Kier molecular flexibility index (Phi) is 3.62. The highest BCUT2D eigenvalue weighted by Crippen LogP contribution is 2.35. The highest BCUT2D eigenvalue weighted by molar-refractivity contribution is 5.19. The zero-order valence-electron chi connectivity index (χ0n) is 10.9. The standard InChI is InChI=1S/C14H16O6/c1-17-12-10(15)11-9(19-13(12)16)7-18-14(20-11)8-5-3-2-4-6-8/h2-6,9,11,13-16H,7H2,1H3/t9-,11-,13+,14?/m1/s1. The summed E-state index contributed by atoms with van der Waals surface area (Å²) in [5, 5.41) is 19.8. The van der Waals surface area contributed by atoms with Crippen LogP contribution in [-0.2, 0) is 18.9 Å². The molecule has 0 spiro atoms. The van der Waals surface area contributed by atoms with Crippen molar-refractivity contribution in [3.8, 4) is 0 Å². The Morgan fingerprint density at radius 2 is 1.95 bits per heavy atom. The second kappa shape index (κ2) is 5.41. The van der Waals surface area contributed by atoms with Crippen LogP contribution in [0.3, 0.4) is 0 Å². The van der Waals surface area contributed by atoms with Crippen molar-refractivity contribution in [2.45, 2.75) is 24.8 Å². The fourth-order valence-corrected chi connectivity index (χ4v) is 2.37. The molecule has 2 aliphatic rings. The predicted octanol–water partition coefficient (Wildman–Crippen LogP) is 1.23. The van der Waals surface area contributed by atoms with Crippen molar-refractivity contribution >= 4 is 0 Å². The lowest BCUT2D eigenvalue weighted by atomic mass is 10.1. The molecule has 2 aliphatic heterocycles. The summed E-state index contributed by atoms with van der Waals surface area (Å²) in [6, 6.07) is 9.41. The van der Waals surface area contributed by atoms with Gasteiger partial charge in [0, 0.05) is 5.56 Å². The summed E-state index contributed by atoms with van der Waals surface area (Å²) < 4.78 is 21.5. The maximum absolute atomic E-state index is 10.1. The molecule has 0 aromatic heterocycles. The van der Waals surface area contributed by atoms with Crippen LogP contribution >= 0.6 is 0 Å². The minimum atomic E-state index is -1.30. The maximum atomic E-state index is 10.1. The van der Waals surface area contributed by atoms with Gasteiger partial charge in [0.1, 0.15) is 12.2 Å². The molecule has 1 saturated heterocycles. The largest absolute Gasteiger partial charge is 0.506 e. The van der Waals surface area contributed by atoms with Gasteiger partial charge in [0.2, 0.25) is 6.29 Å². The highest BCUT2D eigenvalue weighted by Gasteiger charge is 2.44. The van der Waals surface area contributed by atoms with Crippen LogP contribution in [0.4, 0.5) is 0 Å². The van der Waals surface area contributed by atoms with Crippen LogP contribution in [0.25, 0.3) is 0 Å². The van der Waals surface area contributed by atoms with Gasteiger partial charge in [0.15, 0.2) is 17.8 Å². The van der Waals surface area contributed by atoms with Crippen molar-refractivity contribution in [2.75, 3.05) is 13.7 Å². The van der Waals surface area contributed by atoms with Gasteiger partial charge in [-0.3, -0.25) is 0 Å². The van der Waals surface area contributed by atoms with E-state index in [4.69, 9.17) is 18.9 Å². The Labute approximate surface area is 116 Å². The van der Waals surface area contributed by atoms with Gasteiger partial charge in [-0.25, -0.2) is 0 Å². The molecule has 0 bridgehead atoms. The molecular formula is C14H16O6. The molecule has 4 atom stereocenters. The van der Waals surface area contributed by atoms with E-state index in [1.165, 1.54) is 7.11 Å². The summed E-state index contributed by atoms with van der Waals surface area (Å²) in [6.45, 7) is 0.211. The Bertz CT molecular complexity index is 500. The molecule has 1 unspecified atom stereocenters. The Morgan fingerprint density at radius 3 is 2.65 bits per heavy atom. The molecule has 6 heteroatoms. The molecule has 1 aromatic rings. The third kappa shape index (κ3) is 2.27. The Morgan fingerprint density at radius 1 is 1.20 bits per heavy atom. The average Bonchev–Trinajstić information content (AvgIpc) is 2.48. The van der Waals surface area contributed by atoms with Crippen molar-refractivity contribution in [1.29, 1.82) is 0 Å². The number of methoxy groups -OCH3 is 1. The number of rotatable bonds is 2. The lowest BCUT2D eigenvalue weighted by Gasteiger charge is -2.40. The van der Waals surface area contributed by atoms with Gasteiger partial charge in [-0.2, -0.15) is 0 Å².